The number of hydrogen-bond acceptors (Lipinski definition) is 2. The maximum Gasteiger partial charge on any atom is 0.129 e. The second-order valence-electron chi connectivity index (χ2n) is 4.96. The third-order valence-corrected chi connectivity index (χ3v) is 3.82. The molecule has 2 aromatic rings. The molecule has 2 nitrogen and oxygen atoms in total. The van der Waals surface area contributed by atoms with Crippen molar-refractivity contribution < 1.29 is 9.13 Å². The van der Waals surface area contributed by atoms with E-state index < -0.39 is 11.7 Å². The van der Waals surface area contributed by atoms with Gasteiger partial charge in [0.25, 0.3) is 0 Å². The van der Waals surface area contributed by atoms with Gasteiger partial charge in [-0.05, 0) is 36.2 Å². The molecule has 1 atom stereocenters. The highest BCUT2D eigenvalue weighted by Crippen LogP contribution is 2.29. The van der Waals surface area contributed by atoms with E-state index in [0.717, 1.165) is 12.2 Å². The summed E-state index contributed by atoms with van der Waals surface area (Å²) in [6.45, 7) is 2.40. The van der Waals surface area contributed by atoms with Crippen molar-refractivity contribution in [1.29, 1.82) is 5.26 Å². The smallest absolute Gasteiger partial charge is 0.129 e. The van der Waals surface area contributed by atoms with Crippen LogP contribution in [0.1, 0.15) is 30.4 Å². The molecule has 0 spiro atoms. The van der Waals surface area contributed by atoms with E-state index in [0.29, 0.717) is 13.0 Å². The molecule has 0 fully saturated rings. The monoisotopic (exact) mass is 317 g/mol. The number of aryl methyl sites for hydroxylation is 1. The molecular formula is C18H17ClFNO. The van der Waals surface area contributed by atoms with Crippen molar-refractivity contribution in [2.45, 2.75) is 25.7 Å². The Labute approximate surface area is 135 Å². The average molecular weight is 318 g/mol. The van der Waals surface area contributed by atoms with E-state index in [1.165, 1.54) is 17.7 Å². The van der Waals surface area contributed by atoms with Crippen molar-refractivity contribution in [2.24, 2.45) is 0 Å². The minimum Gasteiger partial charge on any atom is -0.494 e. The summed E-state index contributed by atoms with van der Waals surface area (Å²) >= 11 is 6.01. The van der Waals surface area contributed by atoms with Gasteiger partial charge in [-0.2, -0.15) is 5.26 Å². The van der Waals surface area contributed by atoms with Crippen molar-refractivity contribution in [3.8, 4) is 11.8 Å². The topological polar surface area (TPSA) is 33.0 Å². The van der Waals surface area contributed by atoms with E-state index in [-0.39, 0.29) is 10.6 Å². The molecular weight excluding hydrogens is 301 g/mol. The van der Waals surface area contributed by atoms with Gasteiger partial charge in [-0.25, -0.2) is 4.39 Å². The van der Waals surface area contributed by atoms with E-state index in [4.69, 9.17) is 16.3 Å². The molecule has 1 unspecified atom stereocenters. The second kappa shape index (κ2) is 7.82. The SMILES string of the molecule is CCc1cccc(OCCC(C#N)c2c(F)cccc2Cl)c1. The minimum atomic E-state index is -0.622. The van der Waals surface area contributed by atoms with E-state index in [2.05, 4.69) is 13.0 Å². The molecule has 22 heavy (non-hydrogen) atoms. The molecule has 0 aromatic heterocycles. The van der Waals surface area contributed by atoms with Crippen LogP contribution in [0, 0.1) is 17.1 Å². The van der Waals surface area contributed by atoms with Gasteiger partial charge in [0.1, 0.15) is 11.6 Å². The number of nitriles is 1. The number of ether oxygens (including phenoxy) is 1. The molecule has 0 heterocycles. The summed E-state index contributed by atoms with van der Waals surface area (Å²) < 4.78 is 19.5. The van der Waals surface area contributed by atoms with Crippen LogP contribution in [-0.2, 0) is 6.42 Å². The Bertz CT molecular complexity index is 661. The fourth-order valence-electron chi connectivity index (χ4n) is 2.27. The third-order valence-electron chi connectivity index (χ3n) is 3.49. The standard InChI is InChI=1S/C18H17ClFNO/c1-2-13-5-3-6-15(11-13)22-10-9-14(12-21)18-16(19)7-4-8-17(18)20/h3-8,11,14H,2,9-10H2,1H3. The van der Waals surface area contributed by atoms with Gasteiger partial charge in [0.15, 0.2) is 0 Å². The fraction of sp³-hybridized carbons (Fsp3) is 0.278. The van der Waals surface area contributed by atoms with E-state index in [1.807, 2.05) is 24.3 Å². The maximum absolute atomic E-state index is 13.9. The summed E-state index contributed by atoms with van der Waals surface area (Å²) in [4.78, 5) is 0. The van der Waals surface area contributed by atoms with Crippen molar-refractivity contribution in [2.75, 3.05) is 6.61 Å². The summed E-state index contributed by atoms with van der Waals surface area (Å²) in [7, 11) is 0. The number of rotatable bonds is 6. The fourth-order valence-corrected chi connectivity index (χ4v) is 2.56. The Morgan fingerprint density at radius 1 is 1.27 bits per heavy atom. The van der Waals surface area contributed by atoms with Crippen LogP contribution in [-0.4, -0.2) is 6.61 Å². The zero-order chi connectivity index (χ0) is 15.9. The lowest BCUT2D eigenvalue weighted by molar-refractivity contribution is 0.305. The Kier molecular flexibility index (Phi) is 5.80. The van der Waals surface area contributed by atoms with Crippen molar-refractivity contribution in [1.82, 2.24) is 0 Å². The van der Waals surface area contributed by atoms with Gasteiger partial charge in [-0.1, -0.05) is 36.7 Å². The predicted molar refractivity (Wildman–Crippen MR) is 85.7 cm³/mol. The first-order valence-corrected chi connectivity index (χ1v) is 7.58. The highest BCUT2D eigenvalue weighted by Gasteiger charge is 2.18. The number of benzene rings is 2. The first kappa shape index (κ1) is 16.3. The van der Waals surface area contributed by atoms with Crippen LogP contribution in [0.2, 0.25) is 5.02 Å². The summed E-state index contributed by atoms with van der Waals surface area (Å²) in [6.07, 6.45) is 1.32. The third kappa shape index (κ3) is 3.99. The summed E-state index contributed by atoms with van der Waals surface area (Å²) in [5.41, 5.74) is 1.43. The van der Waals surface area contributed by atoms with E-state index in [9.17, 15) is 9.65 Å². The second-order valence-corrected chi connectivity index (χ2v) is 5.36. The Hall–Kier alpha value is -2.05. The number of hydrogen-bond donors (Lipinski definition) is 0. The van der Waals surface area contributed by atoms with Crippen LogP contribution >= 0.6 is 11.6 Å². The van der Waals surface area contributed by atoms with Crippen molar-refractivity contribution in [3.05, 3.63) is 64.4 Å². The zero-order valence-electron chi connectivity index (χ0n) is 12.4. The molecule has 0 aliphatic carbocycles. The minimum absolute atomic E-state index is 0.248. The predicted octanol–water partition coefficient (Wildman–Crippen LogP) is 5.12. The molecule has 2 rings (SSSR count). The Morgan fingerprint density at radius 3 is 2.73 bits per heavy atom. The average Bonchev–Trinajstić information content (AvgIpc) is 2.53. The Morgan fingerprint density at radius 2 is 2.05 bits per heavy atom. The zero-order valence-corrected chi connectivity index (χ0v) is 13.1. The van der Waals surface area contributed by atoms with Gasteiger partial charge in [0.05, 0.1) is 18.6 Å². The molecule has 0 aliphatic heterocycles. The van der Waals surface area contributed by atoms with E-state index >= 15 is 0 Å². The summed E-state index contributed by atoms with van der Waals surface area (Å²) in [5.74, 6) is -0.314. The van der Waals surface area contributed by atoms with Gasteiger partial charge >= 0.3 is 0 Å². The van der Waals surface area contributed by atoms with Crippen molar-refractivity contribution >= 4 is 11.6 Å². The lowest BCUT2D eigenvalue weighted by Crippen LogP contribution is -2.07. The molecule has 0 aliphatic rings. The molecule has 0 saturated heterocycles. The van der Waals surface area contributed by atoms with Gasteiger partial charge in [-0.3, -0.25) is 0 Å². The van der Waals surface area contributed by atoms with Crippen LogP contribution in [0.15, 0.2) is 42.5 Å². The normalized spacial score (nSPS) is 11.7. The van der Waals surface area contributed by atoms with Crippen LogP contribution in [0.3, 0.4) is 0 Å². The van der Waals surface area contributed by atoms with Gasteiger partial charge in [0, 0.05) is 17.0 Å². The van der Waals surface area contributed by atoms with Crippen LogP contribution in [0.5, 0.6) is 5.75 Å². The number of halogens is 2. The first-order valence-electron chi connectivity index (χ1n) is 7.21. The largest absolute Gasteiger partial charge is 0.494 e. The van der Waals surface area contributed by atoms with Gasteiger partial charge < -0.3 is 4.74 Å². The highest BCUT2D eigenvalue weighted by atomic mass is 35.5. The lowest BCUT2D eigenvalue weighted by Gasteiger charge is -2.13. The van der Waals surface area contributed by atoms with Gasteiger partial charge in [-0.15, -0.1) is 0 Å². The van der Waals surface area contributed by atoms with Gasteiger partial charge in [0.2, 0.25) is 0 Å². The van der Waals surface area contributed by atoms with Crippen LogP contribution in [0.25, 0.3) is 0 Å². The quantitative estimate of drug-likeness (QED) is 0.741. The highest BCUT2D eigenvalue weighted by molar-refractivity contribution is 6.31. The van der Waals surface area contributed by atoms with Crippen LogP contribution < -0.4 is 4.74 Å². The molecule has 0 saturated carbocycles. The number of nitrogens with zero attached hydrogens (tertiary/aromatic N) is 1. The Balaban J connectivity index is 2.01. The summed E-state index contributed by atoms with van der Waals surface area (Å²) in [6, 6.07) is 14.4. The van der Waals surface area contributed by atoms with Crippen molar-refractivity contribution in [3.63, 3.8) is 0 Å². The molecule has 0 amide bonds. The molecule has 2 aromatic carbocycles. The van der Waals surface area contributed by atoms with Crippen LogP contribution in [0.4, 0.5) is 4.39 Å². The molecule has 0 N–H and O–H groups in total. The first-order chi connectivity index (χ1) is 10.7. The summed E-state index contributed by atoms with van der Waals surface area (Å²) in [5, 5.41) is 9.55. The molecule has 114 valence electrons. The lowest BCUT2D eigenvalue weighted by atomic mass is 9.97. The molecule has 4 heteroatoms. The van der Waals surface area contributed by atoms with E-state index in [1.54, 1.807) is 6.07 Å². The molecule has 0 radical (unpaired) electrons. The molecule has 0 bridgehead atoms. The maximum atomic E-state index is 13.9.